The number of hydrogen-bond donors (Lipinski definition) is 2. The molecule has 0 aliphatic heterocycles. The molecule has 2 N–H and O–H groups in total. The summed E-state index contributed by atoms with van der Waals surface area (Å²) >= 11 is 0. The fraction of sp³-hybridized carbons (Fsp3) is 1.00. The Hall–Kier alpha value is -0.310. The van der Waals surface area contributed by atoms with E-state index in [0.717, 1.165) is 32.1 Å². The molecular weight excluding hydrogens is 318 g/mol. The van der Waals surface area contributed by atoms with E-state index < -0.39 is 27.6 Å². The predicted molar refractivity (Wildman–Crippen MR) is 76.1 cm³/mol. The number of hydrogen-bond acceptors (Lipinski definition) is 4. The second kappa shape index (κ2) is 6.30. The first-order valence-corrected chi connectivity index (χ1v) is 9.13. The van der Waals surface area contributed by atoms with Crippen LogP contribution in [0.3, 0.4) is 0 Å². The molecule has 0 heterocycles. The quantitative estimate of drug-likeness (QED) is 0.572. The molecule has 5 nitrogen and oxygen atoms in total. The molecule has 2 rings (SSSR count). The van der Waals surface area contributed by atoms with Crippen LogP contribution >= 0.6 is 0 Å². The van der Waals surface area contributed by atoms with Crippen molar-refractivity contribution in [3.8, 4) is 0 Å². The van der Waals surface area contributed by atoms with Crippen LogP contribution in [0.1, 0.15) is 45.4 Å². The van der Waals surface area contributed by atoms with Gasteiger partial charge in [-0.15, -0.1) is 0 Å². The van der Waals surface area contributed by atoms with Crippen LogP contribution in [0.25, 0.3) is 0 Å². The largest absolute Gasteiger partial charge is 0.392 e. The predicted octanol–water partition coefficient (Wildman–Crippen LogP) is 2.45. The topological polar surface area (TPSA) is 83.8 Å². The van der Waals surface area contributed by atoms with E-state index in [-0.39, 0.29) is 18.4 Å². The molecule has 8 heteroatoms. The van der Waals surface area contributed by atoms with Crippen molar-refractivity contribution in [3.05, 3.63) is 0 Å². The molecule has 22 heavy (non-hydrogen) atoms. The van der Waals surface area contributed by atoms with E-state index in [0.29, 0.717) is 12.3 Å². The van der Waals surface area contributed by atoms with Crippen molar-refractivity contribution in [1.82, 2.24) is 0 Å². The van der Waals surface area contributed by atoms with E-state index in [1.165, 1.54) is 0 Å². The summed E-state index contributed by atoms with van der Waals surface area (Å²) < 4.78 is 60.1. The van der Waals surface area contributed by atoms with E-state index in [2.05, 4.69) is 0 Å². The summed E-state index contributed by atoms with van der Waals surface area (Å²) in [6.07, 6.45) is 5.52. The van der Waals surface area contributed by atoms with Crippen molar-refractivity contribution >= 4 is 10.1 Å². The third-order valence-electron chi connectivity index (χ3n) is 5.31. The summed E-state index contributed by atoms with van der Waals surface area (Å²) in [5.74, 6) is 0.781. The lowest BCUT2D eigenvalue weighted by molar-refractivity contribution is -0.119. The highest BCUT2D eigenvalue weighted by molar-refractivity contribution is 7.86. The molecule has 2 saturated carbocycles. The van der Waals surface area contributed by atoms with Crippen molar-refractivity contribution in [2.24, 2.45) is 17.8 Å². The Balaban J connectivity index is 1.84. The Morgan fingerprint density at radius 2 is 2.00 bits per heavy atom. The first-order valence-electron chi connectivity index (χ1n) is 7.69. The summed E-state index contributed by atoms with van der Waals surface area (Å²) in [6, 6.07) is 0. The minimum Gasteiger partial charge on any atom is -0.390 e. The van der Waals surface area contributed by atoms with Gasteiger partial charge in [-0.1, -0.05) is 12.8 Å². The zero-order valence-corrected chi connectivity index (χ0v) is 13.5. The van der Waals surface area contributed by atoms with Gasteiger partial charge < -0.3 is 9.84 Å². The number of alkyl halides is 2. The van der Waals surface area contributed by atoms with Crippen LogP contribution in [0.15, 0.2) is 0 Å². The monoisotopic (exact) mass is 342 g/mol. The minimum atomic E-state index is -5.45. The van der Waals surface area contributed by atoms with Crippen LogP contribution in [0.5, 0.6) is 0 Å². The molecule has 0 radical (unpaired) electrons. The number of ether oxygens (including phenoxy) is 1. The van der Waals surface area contributed by atoms with Gasteiger partial charge in [0.05, 0.1) is 5.60 Å². The zero-order valence-electron chi connectivity index (χ0n) is 12.7. The highest BCUT2D eigenvalue weighted by Crippen LogP contribution is 2.49. The van der Waals surface area contributed by atoms with Crippen molar-refractivity contribution in [2.75, 3.05) is 13.2 Å². The molecule has 130 valence electrons. The summed E-state index contributed by atoms with van der Waals surface area (Å²) in [7, 11) is -5.45. The molecular formula is C14H24F2O5S. The minimum absolute atomic E-state index is 0.0316. The molecule has 0 saturated heterocycles. The zero-order chi connectivity index (χ0) is 16.6. The molecule has 0 spiro atoms. The first kappa shape index (κ1) is 18.0. The lowest BCUT2D eigenvalue weighted by Crippen LogP contribution is -2.49. The molecule has 2 aliphatic rings. The second-order valence-electron chi connectivity index (χ2n) is 6.84. The van der Waals surface area contributed by atoms with Gasteiger partial charge in [0.2, 0.25) is 0 Å². The van der Waals surface area contributed by atoms with E-state index in [9.17, 15) is 22.3 Å². The van der Waals surface area contributed by atoms with Crippen LogP contribution < -0.4 is 0 Å². The van der Waals surface area contributed by atoms with Gasteiger partial charge in [0.25, 0.3) is 0 Å². The Labute approximate surface area is 129 Å². The lowest BCUT2D eigenvalue weighted by Gasteiger charge is -2.49. The fourth-order valence-electron chi connectivity index (χ4n) is 3.91. The van der Waals surface area contributed by atoms with Gasteiger partial charge in [-0.05, 0) is 50.4 Å². The Morgan fingerprint density at radius 3 is 2.64 bits per heavy atom. The van der Waals surface area contributed by atoms with Gasteiger partial charge in [0.1, 0.15) is 6.61 Å². The van der Waals surface area contributed by atoms with Crippen LogP contribution in [0.4, 0.5) is 8.78 Å². The molecule has 0 aromatic heterocycles. The van der Waals surface area contributed by atoms with E-state index in [1.54, 1.807) is 6.92 Å². The molecule has 2 aliphatic carbocycles. The molecule has 2 fully saturated rings. The van der Waals surface area contributed by atoms with Gasteiger partial charge in [-0.2, -0.15) is 17.2 Å². The Bertz CT molecular complexity index is 491. The van der Waals surface area contributed by atoms with Crippen LogP contribution in [-0.2, 0) is 14.9 Å². The first-order chi connectivity index (χ1) is 10.0. The number of halogens is 2. The third-order valence-corrected chi connectivity index (χ3v) is 6.18. The van der Waals surface area contributed by atoms with Crippen molar-refractivity contribution in [1.29, 1.82) is 0 Å². The van der Waals surface area contributed by atoms with E-state index in [1.807, 2.05) is 0 Å². The SMILES string of the molecule is CC1(O)C2CCCC(C2)CC1CCOCC(F)(F)S(=O)(=O)O. The van der Waals surface area contributed by atoms with Gasteiger partial charge in [0, 0.05) is 6.61 Å². The summed E-state index contributed by atoms with van der Waals surface area (Å²) in [4.78, 5) is 0. The maximum absolute atomic E-state index is 13.0. The van der Waals surface area contributed by atoms with E-state index in [4.69, 9.17) is 9.29 Å². The number of fused-ring (bicyclic) bond motifs is 2. The number of aliphatic hydroxyl groups is 1. The van der Waals surface area contributed by atoms with E-state index >= 15 is 0 Å². The van der Waals surface area contributed by atoms with Gasteiger partial charge in [-0.25, -0.2) is 0 Å². The fourth-order valence-corrected chi connectivity index (χ4v) is 4.14. The molecule has 4 unspecified atom stereocenters. The second-order valence-corrected chi connectivity index (χ2v) is 8.39. The molecule has 0 aromatic rings. The van der Waals surface area contributed by atoms with Crippen molar-refractivity contribution in [2.45, 2.75) is 56.3 Å². The molecule has 2 bridgehead atoms. The average molecular weight is 342 g/mol. The van der Waals surface area contributed by atoms with Crippen LogP contribution in [-0.4, -0.2) is 42.1 Å². The lowest BCUT2D eigenvalue weighted by atomic mass is 9.59. The van der Waals surface area contributed by atoms with Gasteiger partial charge in [0.15, 0.2) is 0 Å². The Kier molecular flexibility index (Phi) is 5.16. The van der Waals surface area contributed by atoms with Crippen molar-refractivity contribution in [3.63, 3.8) is 0 Å². The smallest absolute Gasteiger partial charge is 0.390 e. The van der Waals surface area contributed by atoms with Crippen LogP contribution in [0.2, 0.25) is 0 Å². The standard InChI is InChI=1S/C14H24F2O5S/c1-13(17)11-4-2-3-10(7-11)8-12(13)5-6-21-9-14(15,16)22(18,19)20/h10-12,17H,2-9H2,1H3,(H,18,19,20). The number of rotatable bonds is 6. The van der Waals surface area contributed by atoms with Gasteiger partial charge >= 0.3 is 15.4 Å². The summed E-state index contributed by atoms with van der Waals surface area (Å²) in [5, 5.41) is 6.40. The Morgan fingerprint density at radius 1 is 1.32 bits per heavy atom. The van der Waals surface area contributed by atoms with Gasteiger partial charge in [-0.3, -0.25) is 4.55 Å². The maximum atomic E-state index is 13.0. The molecule has 4 atom stereocenters. The van der Waals surface area contributed by atoms with Crippen LogP contribution in [0, 0.1) is 17.8 Å². The average Bonchev–Trinajstić information content (AvgIpc) is 2.40. The summed E-state index contributed by atoms with van der Waals surface area (Å²) in [6.45, 7) is 0.371. The molecule has 0 amide bonds. The summed E-state index contributed by atoms with van der Waals surface area (Å²) in [5.41, 5.74) is -0.828. The highest BCUT2D eigenvalue weighted by atomic mass is 32.2. The third kappa shape index (κ3) is 3.77. The normalized spacial score (nSPS) is 36.3. The highest BCUT2D eigenvalue weighted by Gasteiger charge is 2.47. The van der Waals surface area contributed by atoms with Crippen molar-refractivity contribution < 1.29 is 31.6 Å². The molecule has 0 aromatic carbocycles. The maximum Gasteiger partial charge on any atom is 0.392 e.